The van der Waals surface area contributed by atoms with Gasteiger partial charge in [-0.3, -0.25) is 4.79 Å². The summed E-state index contributed by atoms with van der Waals surface area (Å²) in [5, 5.41) is 6.98. The van der Waals surface area contributed by atoms with E-state index in [2.05, 4.69) is 15.6 Å². The lowest BCUT2D eigenvalue weighted by Crippen LogP contribution is -2.54. The highest BCUT2D eigenvalue weighted by Crippen LogP contribution is 2.23. The number of nitrogens with zero attached hydrogens (tertiary/aromatic N) is 2. The van der Waals surface area contributed by atoms with Crippen LogP contribution in [0.4, 0.5) is 4.79 Å². The highest BCUT2D eigenvalue weighted by Gasteiger charge is 2.30. The zero-order valence-corrected chi connectivity index (χ0v) is 27.2. The van der Waals surface area contributed by atoms with Crippen molar-refractivity contribution in [2.24, 2.45) is 5.92 Å². The number of ether oxygens (including phenoxy) is 1. The van der Waals surface area contributed by atoms with E-state index in [1.54, 1.807) is 21.3 Å². The van der Waals surface area contributed by atoms with Crippen LogP contribution >= 0.6 is 0 Å². The van der Waals surface area contributed by atoms with Gasteiger partial charge in [0.25, 0.3) is 0 Å². The summed E-state index contributed by atoms with van der Waals surface area (Å²) in [5.74, 6) is -0.0629. The molecule has 3 N–H and O–H groups in total. The van der Waals surface area contributed by atoms with Crippen molar-refractivity contribution >= 4 is 32.9 Å². The van der Waals surface area contributed by atoms with Gasteiger partial charge in [-0.1, -0.05) is 56.2 Å². The molecule has 1 fully saturated rings. The molecule has 44 heavy (non-hydrogen) atoms. The molecule has 0 saturated carbocycles. The van der Waals surface area contributed by atoms with Gasteiger partial charge in [-0.25, -0.2) is 13.2 Å². The average Bonchev–Trinajstić information content (AvgIpc) is 3.42. The van der Waals surface area contributed by atoms with E-state index in [0.29, 0.717) is 63.6 Å². The number of hydrogen-bond donors (Lipinski definition) is 3. The van der Waals surface area contributed by atoms with Crippen LogP contribution in [0.3, 0.4) is 0 Å². The third-order valence-corrected chi connectivity index (χ3v) is 10.0. The van der Waals surface area contributed by atoms with Crippen molar-refractivity contribution in [1.82, 2.24) is 24.8 Å². The fraction of sp³-hybridized carbons (Fsp3) is 0.515. The molecule has 0 radical (unpaired) electrons. The van der Waals surface area contributed by atoms with E-state index >= 15 is 0 Å². The van der Waals surface area contributed by atoms with Crippen molar-refractivity contribution < 1.29 is 22.7 Å². The molecule has 2 aromatic carbocycles. The molecule has 0 spiro atoms. The van der Waals surface area contributed by atoms with Gasteiger partial charge in [-0.05, 0) is 56.4 Å². The topological polar surface area (TPSA) is 124 Å². The van der Waals surface area contributed by atoms with Crippen LogP contribution < -0.4 is 10.6 Å². The number of rotatable bonds is 14. The highest BCUT2D eigenvalue weighted by atomic mass is 32.2. The second-order valence-corrected chi connectivity index (χ2v) is 14.0. The normalized spacial score (nSPS) is 15.5. The Balaban J connectivity index is 1.34. The fourth-order valence-electron chi connectivity index (χ4n) is 5.50. The molecular formula is C33H47N5O5S. The number of carbonyl (C=O) groups excluding carboxylic acids is 2. The molecule has 1 saturated heterocycles. The molecular weight excluding hydrogens is 578 g/mol. The lowest BCUT2D eigenvalue weighted by atomic mass is 10.0. The third-order valence-electron chi connectivity index (χ3n) is 8.02. The summed E-state index contributed by atoms with van der Waals surface area (Å²) >= 11 is 0. The highest BCUT2D eigenvalue weighted by molar-refractivity contribution is 7.89. The first kappa shape index (κ1) is 33.5. The van der Waals surface area contributed by atoms with Gasteiger partial charge in [0.2, 0.25) is 15.9 Å². The van der Waals surface area contributed by atoms with Gasteiger partial charge in [-0.15, -0.1) is 0 Å². The number of morpholine rings is 1. The maximum atomic E-state index is 13.5. The molecule has 10 nitrogen and oxygen atoms in total. The van der Waals surface area contributed by atoms with Gasteiger partial charge in [-0.2, -0.15) is 4.31 Å². The van der Waals surface area contributed by atoms with Gasteiger partial charge >= 0.3 is 6.03 Å². The monoisotopic (exact) mass is 625 g/mol. The summed E-state index contributed by atoms with van der Waals surface area (Å²) in [4.78, 5) is 31.6. The van der Waals surface area contributed by atoms with Crippen LogP contribution in [0.5, 0.6) is 0 Å². The Kier molecular flexibility index (Phi) is 11.8. The number of amides is 3. The first-order chi connectivity index (χ1) is 21.1. The second-order valence-electron chi connectivity index (χ2n) is 12.1. The van der Waals surface area contributed by atoms with E-state index in [-0.39, 0.29) is 23.9 Å². The Bertz CT molecular complexity index is 1480. The molecule has 1 aliphatic heterocycles. The minimum Gasteiger partial charge on any atom is -0.378 e. The first-order valence-electron chi connectivity index (χ1n) is 15.6. The average molecular weight is 626 g/mol. The first-order valence-corrected chi connectivity index (χ1v) is 17.0. The minimum absolute atomic E-state index is 0.179. The third kappa shape index (κ3) is 8.83. The number of nitrogens with one attached hydrogen (secondary N) is 3. The van der Waals surface area contributed by atoms with Gasteiger partial charge < -0.3 is 25.3 Å². The number of aryl methyl sites for hydroxylation is 1. The van der Waals surface area contributed by atoms with Crippen LogP contribution in [0.15, 0.2) is 59.6 Å². The summed E-state index contributed by atoms with van der Waals surface area (Å²) < 4.78 is 34.0. The molecule has 0 unspecified atom stereocenters. The largest absolute Gasteiger partial charge is 0.378 e. The van der Waals surface area contributed by atoms with Crippen LogP contribution in [0.25, 0.3) is 10.9 Å². The number of fused-ring (bicyclic) bond motifs is 1. The molecule has 1 aliphatic rings. The van der Waals surface area contributed by atoms with Gasteiger partial charge in [0.05, 0.1) is 18.1 Å². The Morgan fingerprint density at radius 2 is 1.73 bits per heavy atom. The Hall–Kier alpha value is -3.41. The van der Waals surface area contributed by atoms with Crippen LogP contribution in [-0.2, 0) is 26.0 Å². The second kappa shape index (κ2) is 15.5. The van der Waals surface area contributed by atoms with Crippen LogP contribution in [0.1, 0.15) is 51.2 Å². The number of hydrogen-bond acceptors (Lipinski definition) is 5. The number of aromatic amines is 1. The van der Waals surface area contributed by atoms with Gasteiger partial charge in [0, 0.05) is 55.7 Å². The molecule has 3 aromatic rings. The predicted molar refractivity (Wildman–Crippen MR) is 173 cm³/mol. The molecule has 3 amide bonds. The summed E-state index contributed by atoms with van der Waals surface area (Å²) in [7, 11) is -3.63. The van der Waals surface area contributed by atoms with Crippen molar-refractivity contribution in [2.75, 3.05) is 39.4 Å². The maximum absolute atomic E-state index is 13.5. The molecule has 11 heteroatoms. The van der Waals surface area contributed by atoms with Gasteiger partial charge in [0.15, 0.2) is 0 Å². The van der Waals surface area contributed by atoms with Gasteiger partial charge in [0.1, 0.15) is 6.04 Å². The lowest BCUT2D eigenvalue weighted by Gasteiger charge is -2.30. The van der Waals surface area contributed by atoms with Crippen LogP contribution in [0.2, 0.25) is 0 Å². The quantitative estimate of drug-likeness (QED) is 0.229. The number of unbranched alkanes of at least 4 members (excludes halogenated alkanes) is 1. The minimum atomic E-state index is -3.63. The Labute approximate surface area is 261 Å². The Morgan fingerprint density at radius 3 is 2.43 bits per heavy atom. The Morgan fingerprint density at radius 1 is 1.02 bits per heavy atom. The number of H-pyrrole nitrogens is 1. The predicted octanol–water partition coefficient (Wildman–Crippen LogP) is 4.45. The SMILES string of the molecule is Cc1ccc(S(=O)(=O)N(CC(C)C)[C@H](C)CCCCNC(=O)[C@H](Cc2c[nH]c3ccccc23)NC(=O)N2CCOCC2)cc1. The van der Waals surface area contributed by atoms with Crippen LogP contribution in [-0.4, -0.2) is 86.0 Å². The summed E-state index contributed by atoms with van der Waals surface area (Å²) in [6, 6.07) is 13.7. The smallest absolute Gasteiger partial charge is 0.318 e. The molecule has 1 aromatic heterocycles. The van der Waals surface area contributed by atoms with E-state index in [4.69, 9.17) is 4.74 Å². The molecule has 0 aliphatic carbocycles. The molecule has 2 heterocycles. The van der Waals surface area contributed by atoms with Crippen molar-refractivity contribution in [2.45, 2.75) is 70.4 Å². The standard InChI is InChI=1S/C33H47N5O5S/c1-24(2)23-38(44(41,42)28-14-12-25(3)13-15-28)26(4)9-7-8-16-34-32(39)31(36-33(40)37-17-19-43-20-18-37)21-27-22-35-30-11-6-5-10-29(27)30/h5-6,10-15,22,24,26,31,35H,7-9,16-21,23H2,1-4H3,(H,34,39)(H,36,40)/t26-,31+/m1/s1. The van der Waals surface area contributed by atoms with Crippen molar-refractivity contribution in [3.8, 4) is 0 Å². The molecule has 240 valence electrons. The van der Waals surface area contributed by atoms with Crippen molar-refractivity contribution in [3.05, 3.63) is 65.9 Å². The number of carbonyl (C=O) groups is 2. The van der Waals surface area contributed by atoms with Crippen molar-refractivity contribution in [3.63, 3.8) is 0 Å². The van der Waals surface area contributed by atoms with E-state index in [0.717, 1.165) is 28.5 Å². The van der Waals surface area contributed by atoms with E-state index in [1.165, 1.54) is 0 Å². The zero-order valence-electron chi connectivity index (χ0n) is 26.3. The number of benzene rings is 2. The summed E-state index contributed by atoms with van der Waals surface area (Å²) in [6.07, 6.45) is 4.34. The number of aromatic nitrogens is 1. The fourth-order valence-corrected chi connectivity index (χ4v) is 7.32. The number of urea groups is 1. The zero-order chi connectivity index (χ0) is 31.7. The van der Waals surface area contributed by atoms with E-state index < -0.39 is 16.1 Å². The molecule has 2 atom stereocenters. The van der Waals surface area contributed by atoms with Crippen molar-refractivity contribution in [1.29, 1.82) is 0 Å². The molecule has 0 bridgehead atoms. The van der Waals surface area contributed by atoms with E-state index in [9.17, 15) is 18.0 Å². The van der Waals surface area contributed by atoms with Crippen LogP contribution in [0, 0.1) is 12.8 Å². The molecule has 4 rings (SSSR count). The number of sulfonamides is 1. The summed E-state index contributed by atoms with van der Waals surface area (Å²) in [5.41, 5.74) is 2.95. The maximum Gasteiger partial charge on any atom is 0.318 e. The summed E-state index contributed by atoms with van der Waals surface area (Å²) in [6.45, 7) is 10.7. The van der Waals surface area contributed by atoms with E-state index in [1.807, 2.05) is 70.3 Å². The lowest BCUT2D eigenvalue weighted by molar-refractivity contribution is -0.123. The number of para-hydroxylation sites is 1.